The summed E-state index contributed by atoms with van der Waals surface area (Å²) >= 11 is 54.9. The highest BCUT2D eigenvalue weighted by Crippen LogP contribution is 2.37. The maximum atomic E-state index is 11.5. The third-order valence-corrected chi connectivity index (χ3v) is 26.4. The molecule has 68 heavy (non-hydrogen) atoms. The Labute approximate surface area is 495 Å². The maximum Gasteiger partial charge on any atom is 0.528 e. The molecule has 0 spiro atoms. The molecule has 0 N–H and O–H groups in total. The van der Waals surface area contributed by atoms with Crippen molar-refractivity contribution in [2.75, 3.05) is 66.7 Å². The smallest absolute Gasteiger partial charge is 0.374 e. The number of thiol groups is 1. The average molecular weight is 1660 g/mol. The Bertz CT molecular complexity index is 1100. The molecule has 0 aromatic carbocycles. The monoisotopic (exact) mass is 1650 g/mol. The fraction of sp³-hybridized carbons (Fsp3) is 0.750. The number of hydrogen-bond acceptors (Lipinski definition) is 10. The van der Waals surface area contributed by atoms with Gasteiger partial charge in [0, 0.05) is 79.9 Å². The lowest BCUT2D eigenvalue weighted by Gasteiger charge is -2.28. The van der Waals surface area contributed by atoms with E-state index in [2.05, 4.69) is 131 Å². The maximum absolute atomic E-state index is 11.5. The van der Waals surface area contributed by atoms with E-state index in [-0.39, 0.29) is 23.1 Å². The third kappa shape index (κ3) is 73.0. The summed E-state index contributed by atoms with van der Waals surface area (Å²) in [5, 5.41) is 0. The van der Waals surface area contributed by atoms with Crippen molar-refractivity contribution in [1.82, 2.24) is 0 Å². The molecule has 0 bridgehead atoms. The summed E-state index contributed by atoms with van der Waals surface area (Å²) in [6.07, 6.45) is -9.03. The van der Waals surface area contributed by atoms with Crippen LogP contribution in [0.25, 0.3) is 0 Å². The second kappa shape index (κ2) is 50.1. The minimum atomic E-state index is -4.21. The number of hydrogen-bond donors (Lipinski definition) is 1. The van der Waals surface area contributed by atoms with E-state index in [4.69, 9.17) is 106 Å². The standard InChI is InChI=1S/C9H22O3SSi.C8H18O3Si.C5H12O3Si.C3H4Br3F3Si.C3H4Cl3F3Si.C2H3Br3Si.C2H3Cl3Si.H4Si/c1-4-10-14(11-5-2,12-6-3)9-7-8-13;1-5-9-12(8-4,10-6-2)11-7-3;1-5-9(6-2,7-3)8-4;2*4-10(5,6)2-1-3(7,8)9;2*1-2-6(3,4)5;/h13H,4-9H2,1-3H3;8H,4-7H2,1-3H3;5H,1H2,2-4H3;2*1-2H2;2*2H,1H2;1H4. The van der Waals surface area contributed by atoms with Crippen molar-refractivity contribution in [3.8, 4) is 0 Å². The Morgan fingerprint density at radius 2 is 0.779 bits per heavy atom. The first kappa shape index (κ1) is 89.5. The first-order valence-electron chi connectivity index (χ1n) is 19.3. The SMILES string of the molecule is C=C[Si](Br)(Br)Br.C=C[Si](Cl)(Cl)Cl.C=C[Si](OC)(OC)OC.C=C[Si](OCC)(OCC)OCC.CCO[Si](CCCS)(OCC)OCC.FC(F)(F)CC[Si](Br)(Br)Br.FC(F)(F)CC[Si](Cl)(Cl)Cl.[SiH4]. The molecule has 36 heteroatoms. The largest absolute Gasteiger partial charge is 0.528 e. The van der Waals surface area contributed by atoms with Crippen molar-refractivity contribution in [1.29, 1.82) is 0 Å². The Morgan fingerprint density at radius 3 is 0.897 bits per heavy atom. The van der Waals surface area contributed by atoms with Crippen LogP contribution in [0.3, 0.4) is 0 Å². The first-order chi connectivity index (χ1) is 30.3. The van der Waals surface area contributed by atoms with Crippen LogP contribution in [0.1, 0.15) is 60.8 Å². The zero-order chi connectivity index (χ0) is 54.9. The highest BCUT2D eigenvalue weighted by molar-refractivity contribution is 9.72. The highest BCUT2D eigenvalue weighted by atomic mass is 80.0. The average Bonchev–Trinajstić information content (AvgIpc) is 3.20. The lowest BCUT2D eigenvalue weighted by molar-refractivity contribution is -0.131. The fourth-order valence-electron chi connectivity index (χ4n) is 3.27. The summed E-state index contributed by atoms with van der Waals surface area (Å²) in [6, 6.07) is -4.92. The van der Waals surface area contributed by atoms with Gasteiger partial charge in [0.2, 0.25) is 0 Å². The minimum absolute atomic E-state index is 0. The van der Waals surface area contributed by atoms with Gasteiger partial charge in [0.25, 0.3) is 7.86 Å². The molecule has 0 rings (SSSR count). The van der Waals surface area contributed by atoms with Gasteiger partial charge in [-0.05, 0) is 88.2 Å². The van der Waals surface area contributed by atoms with Crippen LogP contribution in [0.5, 0.6) is 0 Å². The quantitative estimate of drug-likeness (QED) is 0.0394. The summed E-state index contributed by atoms with van der Waals surface area (Å²) in [7, 11) is -2.67. The van der Waals surface area contributed by atoms with E-state index in [0.717, 1.165) is 18.2 Å². The third-order valence-electron chi connectivity index (χ3n) is 5.97. The number of rotatable bonds is 26. The van der Waals surface area contributed by atoms with Crippen LogP contribution >= 0.6 is 171 Å². The molecule has 0 amide bonds. The van der Waals surface area contributed by atoms with Crippen LogP contribution in [-0.2, 0) is 39.8 Å². The lowest BCUT2D eigenvalue weighted by atomic mass is 10.5. The lowest BCUT2D eigenvalue weighted by Crippen LogP contribution is -2.46. The molecule has 0 aliphatic carbocycles. The van der Waals surface area contributed by atoms with Gasteiger partial charge in [-0.2, -0.15) is 39.0 Å². The van der Waals surface area contributed by atoms with E-state index in [1.165, 1.54) is 5.70 Å². The van der Waals surface area contributed by atoms with Gasteiger partial charge in [-0.3, -0.25) is 0 Å². The number of halogens is 18. The molecule has 0 radical (unpaired) electrons. The van der Waals surface area contributed by atoms with E-state index < -0.39 is 71.5 Å². The van der Waals surface area contributed by atoms with Crippen molar-refractivity contribution in [3.63, 3.8) is 0 Å². The summed E-state index contributed by atoms with van der Waals surface area (Å²) in [6.45, 7) is 29.5. The van der Waals surface area contributed by atoms with E-state index in [1.807, 2.05) is 47.2 Å². The topological polar surface area (TPSA) is 83.1 Å². The Kier molecular flexibility index (Phi) is 65.9. The molecule has 0 saturated carbocycles. The van der Waals surface area contributed by atoms with Crippen LogP contribution < -0.4 is 0 Å². The summed E-state index contributed by atoms with van der Waals surface area (Å²) in [5.41, 5.74) is 6.45. The van der Waals surface area contributed by atoms with Gasteiger partial charge >= 0.3 is 50.8 Å². The van der Waals surface area contributed by atoms with Crippen molar-refractivity contribution in [2.45, 2.75) is 91.3 Å². The zero-order valence-electron chi connectivity index (χ0n) is 38.8. The molecule has 0 aliphatic rings. The zero-order valence-corrected chi connectivity index (χ0v) is 60.7. The van der Waals surface area contributed by atoms with Gasteiger partial charge in [-0.25, -0.2) is 0 Å². The van der Waals surface area contributed by atoms with Crippen molar-refractivity contribution in [3.05, 3.63) is 49.1 Å². The Hall–Kier alpha value is 4.89. The number of alkyl halides is 6. The second-order valence-corrected chi connectivity index (χ2v) is 83.5. The first-order valence-corrected chi connectivity index (χ1v) is 53.7. The highest BCUT2D eigenvalue weighted by Gasteiger charge is 2.40. The van der Waals surface area contributed by atoms with Crippen LogP contribution in [0.4, 0.5) is 26.3 Å². The molecule has 0 heterocycles. The van der Waals surface area contributed by atoms with Crippen LogP contribution in [-0.4, -0.2) is 136 Å². The predicted molar refractivity (Wildman–Crippen MR) is 326 cm³/mol. The molecular formula is C32H70Br6Cl6F6O9SSi8. The molecule has 0 aliphatic heterocycles. The van der Waals surface area contributed by atoms with E-state index >= 15 is 0 Å². The van der Waals surface area contributed by atoms with Gasteiger partial charge in [0.15, 0.2) is 0 Å². The van der Waals surface area contributed by atoms with Crippen molar-refractivity contribution in [2.24, 2.45) is 0 Å². The van der Waals surface area contributed by atoms with E-state index in [1.54, 1.807) is 32.7 Å². The second-order valence-electron chi connectivity index (χ2n) is 11.3. The van der Waals surface area contributed by atoms with Crippen molar-refractivity contribution < 1.29 is 66.2 Å². The summed E-state index contributed by atoms with van der Waals surface area (Å²) in [4.78, 5) is 0. The molecule has 9 nitrogen and oxygen atoms in total. The van der Waals surface area contributed by atoms with Crippen molar-refractivity contribution >= 4 is 228 Å². The van der Waals surface area contributed by atoms with Gasteiger partial charge < -0.3 is 39.8 Å². The van der Waals surface area contributed by atoms with Gasteiger partial charge in [-0.15, -0.1) is 79.6 Å². The van der Waals surface area contributed by atoms with Crippen LogP contribution in [0, 0.1) is 0 Å². The normalized spacial score (nSPS) is 12.1. The molecule has 0 aromatic heterocycles. The fourth-order valence-corrected chi connectivity index (χ4v) is 12.9. The van der Waals surface area contributed by atoms with Gasteiger partial charge in [0.05, 0.1) is 0 Å². The summed E-state index contributed by atoms with van der Waals surface area (Å²) < 4.78 is 114. The predicted octanol–water partition coefficient (Wildman–Crippen LogP) is 16.1. The van der Waals surface area contributed by atoms with Crippen LogP contribution in [0.2, 0.25) is 18.1 Å². The molecule has 0 fully saturated rings. The minimum Gasteiger partial charge on any atom is -0.374 e. The molecule has 0 aromatic rings. The van der Waals surface area contributed by atoms with Crippen LogP contribution in [0.15, 0.2) is 49.1 Å². The molecule has 0 unspecified atom stereocenters. The molecule has 0 saturated heterocycles. The van der Waals surface area contributed by atoms with E-state index in [9.17, 15) is 26.3 Å². The van der Waals surface area contributed by atoms with Gasteiger partial charge in [-0.1, -0.05) is 116 Å². The summed E-state index contributed by atoms with van der Waals surface area (Å²) in [5.74, 6) is 0.849. The molecule has 416 valence electrons. The molecular weight excluding hydrogens is 1590 g/mol. The van der Waals surface area contributed by atoms with E-state index in [0.29, 0.717) is 39.6 Å². The van der Waals surface area contributed by atoms with Gasteiger partial charge in [0.1, 0.15) is 0 Å². The Morgan fingerprint density at radius 1 is 0.500 bits per heavy atom. The molecule has 0 atom stereocenters. The Balaban J connectivity index is -0.000000104.